The van der Waals surface area contributed by atoms with E-state index in [9.17, 15) is 0 Å². The smallest absolute Gasteiger partial charge is 0.159 e. The minimum atomic E-state index is 0.866. The molecule has 13 heavy (non-hydrogen) atoms. The van der Waals surface area contributed by atoms with Crippen LogP contribution in [-0.4, -0.2) is 4.98 Å². The number of rotatable bonds is 0. The van der Waals surface area contributed by atoms with Gasteiger partial charge in [-0.1, -0.05) is 12.1 Å². The zero-order chi connectivity index (χ0) is 8.67. The third-order valence-electron chi connectivity index (χ3n) is 2.19. The Morgan fingerprint density at radius 1 is 1.00 bits per heavy atom. The van der Waals surface area contributed by atoms with Gasteiger partial charge in [-0.05, 0) is 18.2 Å². The van der Waals surface area contributed by atoms with Crippen LogP contribution in [0.5, 0.6) is 0 Å². The molecule has 3 rings (SSSR count). The largest absolute Gasteiger partial charge is 0.462 e. The van der Waals surface area contributed by atoms with Crippen molar-refractivity contribution in [2.24, 2.45) is 0 Å². The molecule has 0 saturated carbocycles. The number of benzene rings is 1. The monoisotopic (exact) mass is 169 g/mol. The second-order valence-corrected chi connectivity index (χ2v) is 2.98. The lowest BCUT2D eigenvalue weighted by atomic mass is 10.2. The van der Waals surface area contributed by atoms with Crippen LogP contribution in [0.4, 0.5) is 0 Å². The predicted molar refractivity (Wildman–Crippen MR) is 51.5 cm³/mol. The summed E-state index contributed by atoms with van der Waals surface area (Å²) in [6, 6.07) is 9.99. The maximum atomic E-state index is 5.42. The normalized spacial score (nSPS) is 11.1. The van der Waals surface area contributed by atoms with Crippen molar-refractivity contribution in [3.63, 3.8) is 0 Å². The van der Waals surface area contributed by atoms with E-state index in [2.05, 4.69) is 11.1 Å². The lowest BCUT2D eigenvalue weighted by Gasteiger charge is -1.96. The van der Waals surface area contributed by atoms with Crippen molar-refractivity contribution in [2.75, 3.05) is 0 Å². The number of aromatic nitrogens is 1. The highest BCUT2D eigenvalue weighted by molar-refractivity contribution is 6.01. The summed E-state index contributed by atoms with van der Waals surface area (Å²) in [5, 5.41) is 2.22. The fourth-order valence-corrected chi connectivity index (χ4v) is 1.57. The molecule has 0 amide bonds. The van der Waals surface area contributed by atoms with Gasteiger partial charge in [0.25, 0.3) is 0 Å². The number of hydrogen-bond acceptors (Lipinski definition) is 2. The van der Waals surface area contributed by atoms with Gasteiger partial charge in [0, 0.05) is 17.0 Å². The van der Waals surface area contributed by atoms with Crippen molar-refractivity contribution >= 4 is 21.9 Å². The molecule has 0 fully saturated rings. The van der Waals surface area contributed by atoms with E-state index < -0.39 is 0 Å². The van der Waals surface area contributed by atoms with Crippen LogP contribution < -0.4 is 0 Å². The van der Waals surface area contributed by atoms with Crippen LogP contribution in [0, 0.1) is 0 Å². The molecule has 0 aliphatic rings. The van der Waals surface area contributed by atoms with Gasteiger partial charge >= 0.3 is 0 Å². The third kappa shape index (κ3) is 0.855. The van der Waals surface area contributed by atoms with Crippen molar-refractivity contribution in [2.45, 2.75) is 0 Å². The minimum Gasteiger partial charge on any atom is -0.462 e. The van der Waals surface area contributed by atoms with Gasteiger partial charge in [-0.15, -0.1) is 0 Å². The second kappa shape index (κ2) is 2.33. The highest BCUT2D eigenvalue weighted by Gasteiger charge is 2.02. The van der Waals surface area contributed by atoms with Gasteiger partial charge < -0.3 is 4.42 Å². The molecule has 62 valence electrons. The lowest BCUT2D eigenvalue weighted by Crippen LogP contribution is -1.73. The van der Waals surface area contributed by atoms with Gasteiger partial charge in [-0.25, -0.2) is 0 Å². The molecule has 3 aromatic rings. The van der Waals surface area contributed by atoms with Crippen molar-refractivity contribution in [3.05, 3.63) is 42.8 Å². The van der Waals surface area contributed by atoms with E-state index >= 15 is 0 Å². The van der Waals surface area contributed by atoms with E-state index in [1.807, 2.05) is 24.3 Å². The summed E-state index contributed by atoms with van der Waals surface area (Å²) in [6.07, 6.45) is 3.48. The van der Waals surface area contributed by atoms with Gasteiger partial charge in [-0.2, -0.15) is 0 Å². The molecule has 1 aromatic carbocycles. The Balaban J connectivity index is 2.65. The molecular weight excluding hydrogens is 162 g/mol. The summed E-state index contributed by atoms with van der Waals surface area (Å²) in [5.74, 6) is 0. The second-order valence-electron chi connectivity index (χ2n) is 2.98. The summed E-state index contributed by atoms with van der Waals surface area (Å²) in [6.45, 7) is 0. The van der Waals surface area contributed by atoms with Crippen LogP contribution in [-0.2, 0) is 0 Å². The molecule has 0 spiro atoms. The van der Waals surface area contributed by atoms with Gasteiger partial charge in [0.1, 0.15) is 5.52 Å². The first-order valence-electron chi connectivity index (χ1n) is 4.16. The summed E-state index contributed by atoms with van der Waals surface area (Å²) in [7, 11) is 0. The average Bonchev–Trinajstić information content (AvgIpc) is 2.65. The molecule has 2 aromatic heterocycles. The van der Waals surface area contributed by atoms with Crippen molar-refractivity contribution < 1.29 is 4.42 Å². The number of hydrogen-bond donors (Lipinski definition) is 0. The number of nitrogens with zero attached hydrogens (tertiary/aromatic N) is 1. The Kier molecular flexibility index (Phi) is 1.19. The maximum absolute atomic E-state index is 5.42. The molecule has 0 atom stereocenters. The Labute approximate surface area is 74.8 Å². The average molecular weight is 169 g/mol. The third-order valence-corrected chi connectivity index (χ3v) is 2.19. The first kappa shape index (κ1) is 6.66. The number of fused-ring (bicyclic) bond motifs is 3. The van der Waals surface area contributed by atoms with Crippen LogP contribution in [0.1, 0.15) is 0 Å². The fraction of sp³-hybridized carbons (Fsp3) is 0. The topological polar surface area (TPSA) is 26.0 Å². The molecule has 0 radical (unpaired) electrons. The Morgan fingerprint density at radius 3 is 2.92 bits per heavy atom. The predicted octanol–water partition coefficient (Wildman–Crippen LogP) is 2.98. The summed E-state index contributed by atoms with van der Waals surface area (Å²) in [4.78, 5) is 4.25. The standard InChI is InChI=1S/C11H7NO/c1-2-9-4-3-8-5-6-12-10(8)11(9)13-7-1/h1-7H. The quantitative estimate of drug-likeness (QED) is 0.517. The molecular formula is C11H7NO. The molecule has 0 N–H and O–H groups in total. The highest BCUT2D eigenvalue weighted by Crippen LogP contribution is 2.23. The molecule has 2 nitrogen and oxygen atoms in total. The van der Waals surface area contributed by atoms with Gasteiger partial charge in [0.15, 0.2) is 5.58 Å². The van der Waals surface area contributed by atoms with Crippen molar-refractivity contribution in [3.8, 4) is 0 Å². The summed E-state index contributed by atoms with van der Waals surface area (Å²) in [5.41, 5.74) is 1.81. The molecule has 0 bridgehead atoms. The van der Waals surface area contributed by atoms with E-state index in [-0.39, 0.29) is 0 Å². The minimum absolute atomic E-state index is 0.866. The Hall–Kier alpha value is -1.83. The van der Waals surface area contributed by atoms with Gasteiger partial charge in [0.2, 0.25) is 0 Å². The fourth-order valence-electron chi connectivity index (χ4n) is 1.57. The zero-order valence-electron chi connectivity index (χ0n) is 6.90. The van der Waals surface area contributed by atoms with Crippen LogP contribution in [0.3, 0.4) is 0 Å². The van der Waals surface area contributed by atoms with E-state index in [4.69, 9.17) is 4.42 Å². The zero-order valence-corrected chi connectivity index (χ0v) is 6.90. The Morgan fingerprint density at radius 2 is 1.92 bits per heavy atom. The molecule has 0 unspecified atom stereocenters. The van der Waals surface area contributed by atoms with Crippen LogP contribution in [0.15, 0.2) is 47.2 Å². The summed E-state index contributed by atoms with van der Waals surface area (Å²) < 4.78 is 5.42. The maximum Gasteiger partial charge on any atom is 0.159 e. The van der Waals surface area contributed by atoms with E-state index in [0.29, 0.717) is 0 Å². The molecule has 0 aliphatic carbocycles. The molecule has 2 heteroatoms. The van der Waals surface area contributed by atoms with E-state index in [1.54, 1.807) is 12.5 Å². The van der Waals surface area contributed by atoms with Crippen LogP contribution in [0.2, 0.25) is 0 Å². The van der Waals surface area contributed by atoms with Crippen LogP contribution >= 0.6 is 0 Å². The molecule has 0 aliphatic heterocycles. The SMILES string of the molecule is c1coc2c(c1)ccc1ccnc12. The Bertz CT molecular complexity index is 568. The van der Waals surface area contributed by atoms with Crippen molar-refractivity contribution in [1.82, 2.24) is 4.98 Å². The van der Waals surface area contributed by atoms with Gasteiger partial charge in [0.05, 0.1) is 6.26 Å². The van der Waals surface area contributed by atoms with E-state index in [0.717, 1.165) is 21.9 Å². The van der Waals surface area contributed by atoms with Gasteiger partial charge in [-0.3, -0.25) is 4.98 Å². The van der Waals surface area contributed by atoms with E-state index in [1.165, 1.54) is 0 Å². The lowest BCUT2D eigenvalue weighted by molar-refractivity contribution is 0.606. The summed E-state index contributed by atoms with van der Waals surface area (Å²) >= 11 is 0. The van der Waals surface area contributed by atoms with Crippen molar-refractivity contribution in [1.29, 1.82) is 0 Å². The first-order valence-corrected chi connectivity index (χ1v) is 4.16. The first-order chi connectivity index (χ1) is 6.45. The highest BCUT2D eigenvalue weighted by atomic mass is 16.3. The molecule has 0 saturated heterocycles. The molecule has 2 heterocycles. The van der Waals surface area contributed by atoms with Crippen LogP contribution in [0.25, 0.3) is 21.9 Å².